The smallest absolute Gasteiger partial charge is 0.409 e. The number of methoxy groups -OCH3 is 1. The molecule has 3 rings (SSSR count). The SMILES string of the molecule is COC(=O)N(C)C(C)(CCC1OC1(C)C)C1CCC2(C)OC2C1. The van der Waals surface area contributed by atoms with Gasteiger partial charge in [0.15, 0.2) is 0 Å². The molecule has 0 aromatic rings. The lowest BCUT2D eigenvalue weighted by molar-refractivity contribution is 0.0332. The highest BCUT2D eigenvalue weighted by atomic mass is 16.6. The summed E-state index contributed by atoms with van der Waals surface area (Å²) < 4.78 is 16.6. The molecule has 3 fully saturated rings. The van der Waals surface area contributed by atoms with E-state index >= 15 is 0 Å². The molecule has 0 aromatic heterocycles. The Hall–Kier alpha value is -0.810. The molecule has 0 radical (unpaired) electrons. The summed E-state index contributed by atoms with van der Waals surface area (Å²) in [6.07, 6.45) is 5.53. The van der Waals surface area contributed by atoms with Crippen molar-refractivity contribution in [2.45, 2.75) is 88.7 Å². The van der Waals surface area contributed by atoms with Crippen LogP contribution in [-0.2, 0) is 14.2 Å². The van der Waals surface area contributed by atoms with E-state index in [1.807, 2.05) is 7.05 Å². The number of fused-ring (bicyclic) bond motifs is 1. The van der Waals surface area contributed by atoms with Crippen LogP contribution in [0.15, 0.2) is 0 Å². The number of rotatable bonds is 5. The average Bonchev–Trinajstić information content (AvgIpc) is 3.36. The molecule has 1 saturated carbocycles. The topological polar surface area (TPSA) is 54.6 Å². The van der Waals surface area contributed by atoms with E-state index < -0.39 is 0 Å². The molecular formula is C18H31NO4. The lowest BCUT2D eigenvalue weighted by Gasteiger charge is -2.45. The fourth-order valence-corrected chi connectivity index (χ4v) is 4.36. The van der Waals surface area contributed by atoms with E-state index in [0.717, 1.165) is 32.1 Å². The molecule has 0 spiro atoms. The summed E-state index contributed by atoms with van der Waals surface area (Å²) in [5.41, 5.74) is -0.124. The van der Waals surface area contributed by atoms with Gasteiger partial charge in [-0.05, 0) is 65.7 Å². The van der Waals surface area contributed by atoms with Crippen molar-refractivity contribution in [3.05, 3.63) is 0 Å². The van der Waals surface area contributed by atoms with Crippen LogP contribution in [0.25, 0.3) is 0 Å². The van der Waals surface area contributed by atoms with Gasteiger partial charge in [-0.25, -0.2) is 4.79 Å². The highest BCUT2D eigenvalue weighted by Crippen LogP contribution is 2.53. The average molecular weight is 325 g/mol. The molecular weight excluding hydrogens is 294 g/mol. The van der Waals surface area contributed by atoms with Gasteiger partial charge in [0.25, 0.3) is 0 Å². The van der Waals surface area contributed by atoms with Gasteiger partial charge >= 0.3 is 6.09 Å². The van der Waals surface area contributed by atoms with E-state index in [-0.39, 0.29) is 22.8 Å². The Morgan fingerprint density at radius 2 is 2.00 bits per heavy atom. The quantitative estimate of drug-likeness (QED) is 0.727. The monoisotopic (exact) mass is 325 g/mol. The Kier molecular flexibility index (Phi) is 3.96. The van der Waals surface area contributed by atoms with Crippen molar-refractivity contribution >= 4 is 6.09 Å². The van der Waals surface area contributed by atoms with Crippen molar-refractivity contribution in [1.29, 1.82) is 0 Å². The molecule has 5 unspecified atom stereocenters. The fourth-order valence-electron chi connectivity index (χ4n) is 4.36. The zero-order chi connectivity index (χ0) is 17.0. The maximum atomic E-state index is 12.2. The Morgan fingerprint density at radius 1 is 1.35 bits per heavy atom. The predicted molar refractivity (Wildman–Crippen MR) is 87.4 cm³/mol. The predicted octanol–water partition coefficient (Wildman–Crippen LogP) is 3.36. The van der Waals surface area contributed by atoms with Crippen LogP contribution in [0.1, 0.15) is 59.8 Å². The molecule has 5 nitrogen and oxygen atoms in total. The Morgan fingerprint density at radius 3 is 2.52 bits per heavy atom. The van der Waals surface area contributed by atoms with Gasteiger partial charge in [-0.15, -0.1) is 0 Å². The van der Waals surface area contributed by atoms with E-state index in [9.17, 15) is 4.79 Å². The minimum absolute atomic E-state index is 0.00448. The highest BCUT2D eigenvalue weighted by molar-refractivity contribution is 5.68. The third kappa shape index (κ3) is 2.98. The van der Waals surface area contributed by atoms with E-state index in [4.69, 9.17) is 14.2 Å². The van der Waals surface area contributed by atoms with Crippen molar-refractivity contribution in [3.63, 3.8) is 0 Å². The summed E-state index contributed by atoms with van der Waals surface area (Å²) in [6.45, 7) is 8.66. The molecule has 3 aliphatic rings. The molecule has 23 heavy (non-hydrogen) atoms. The first-order chi connectivity index (χ1) is 10.6. The van der Waals surface area contributed by atoms with E-state index in [1.54, 1.807) is 4.90 Å². The van der Waals surface area contributed by atoms with Gasteiger partial charge in [0.05, 0.1) is 30.5 Å². The van der Waals surface area contributed by atoms with E-state index in [0.29, 0.717) is 18.1 Å². The number of amides is 1. The van der Waals surface area contributed by atoms with Crippen LogP contribution in [0.4, 0.5) is 4.79 Å². The minimum atomic E-state index is -0.256. The second kappa shape index (κ2) is 5.35. The van der Waals surface area contributed by atoms with Crippen LogP contribution >= 0.6 is 0 Å². The highest BCUT2D eigenvalue weighted by Gasteiger charge is 2.59. The van der Waals surface area contributed by atoms with Crippen LogP contribution in [0.2, 0.25) is 0 Å². The molecule has 2 aliphatic heterocycles. The van der Waals surface area contributed by atoms with Crippen molar-refractivity contribution in [2.24, 2.45) is 5.92 Å². The summed E-state index contributed by atoms with van der Waals surface area (Å²) in [7, 11) is 3.32. The molecule has 5 heteroatoms. The number of ether oxygens (including phenoxy) is 3. The fraction of sp³-hybridized carbons (Fsp3) is 0.944. The normalized spacial score (nSPS) is 39.8. The Bertz CT molecular complexity index is 493. The minimum Gasteiger partial charge on any atom is -0.453 e. The van der Waals surface area contributed by atoms with Crippen molar-refractivity contribution in [3.8, 4) is 0 Å². The van der Waals surface area contributed by atoms with Crippen LogP contribution in [-0.4, -0.2) is 54.1 Å². The molecule has 2 saturated heterocycles. The Balaban J connectivity index is 1.71. The molecule has 5 atom stereocenters. The first kappa shape index (κ1) is 17.0. The summed E-state index contributed by atoms with van der Waals surface area (Å²) in [4.78, 5) is 14.0. The van der Waals surface area contributed by atoms with Crippen molar-refractivity contribution < 1.29 is 19.0 Å². The van der Waals surface area contributed by atoms with Crippen LogP contribution in [0.5, 0.6) is 0 Å². The van der Waals surface area contributed by atoms with E-state index in [2.05, 4.69) is 27.7 Å². The van der Waals surface area contributed by atoms with Gasteiger partial charge in [0, 0.05) is 12.6 Å². The summed E-state index contributed by atoms with van der Waals surface area (Å²) >= 11 is 0. The third-order valence-corrected chi connectivity index (χ3v) is 6.69. The molecule has 2 heterocycles. The number of carbonyl (C=O) groups is 1. The van der Waals surface area contributed by atoms with Gasteiger partial charge in [-0.3, -0.25) is 0 Å². The summed E-state index contributed by atoms with van der Waals surface area (Å²) in [5, 5.41) is 0. The lowest BCUT2D eigenvalue weighted by atomic mass is 9.70. The number of nitrogens with zero attached hydrogens (tertiary/aromatic N) is 1. The number of epoxide rings is 2. The molecule has 0 bridgehead atoms. The zero-order valence-electron chi connectivity index (χ0n) is 15.3. The number of carbonyl (C=O) groups excluding carboxylic acids is 1. The maximum Gasteiger partial charge on any atom is 0.409 e. The summed E-state index contributed by atoms with van der Waals surface area (Å²) in [6, 6.07) is 0. The lowest BCUT2D eigenvalue weighted by Crippen LogP contribution is -2.54. The van der Waals surface area contributed by atoms with Gasteiger partial charge in [0.1, 0.15) is 0 Å². The molecule has 0 aromatic carbocycles. The van der Waals surface area contributed by atoms with Crippen LogP contribution < -0.4 is 0 Å². The summed E-state index contributed by atoms with van der Waals surface area (Å²) in [5.74, 6) is 0.439. The van der Waals surface area contributed by atoms with Gasteiger partial charge in [0.2, 0.25) is 0 Å². The largest absolute Gasteiger partial charge is 0.453 e. The van der Waals surface area contributed by atoms with Gasteiger partial charge in [-0.2, -0.15) is 0 Å². The molecule has 132 valence electrons. The van der Waals surface area contributed by atoms with Gasteiger partial charge in [-0.1, -0.05) is 0 Å². The zero-order valence-corrected chi connectivity index (χ0v) is 15.3. The third-order valence-electron chi connectivity index (χ3n) is 6.69. The maximum absolute atomic E-state index is 12.2. The second-order valence-electron chi connectivity index (χ2n) is 8.53. The van der Waals surface area contributed by atoms with Crippen LogP contribution in [0.3, 0.4) is 0 Å². The Labute approximate surface area is 139 Å². The van der Waals surface area contributed by atoms with Crippen molar-refractivity contribution in [2.75, 3.05) is 14.2 Å². The number of hydrogen-bond donors (Lipinski definition) is 0. The first-order valence-corrected chi connectivity index (χ1v) is 8.80. The number of hydrogen-bond acceptors (Lipinski definition) is 4. The van der Waals surface area contributed by atoms with Gasteiger partial charge < -0.3 is 19.1 Å². The first-order valence-electron chi connectivity index (χ1n) is 8.80. The second-order valence-corrected chi connectivity index (χ2v) is 8.53. The van der Waals surface area contributed by atoms with E-state index in [1.165, 1.54) is 7.11 Å². The molecule has 1 amide bonds. The molecule has 1 aliphatic carbocycles. The molecule has 0 N–H and O–H groups in total. The standard InChI is InChI=1S/C18H31NO4/c1-16(2)13(22-16)8-9-17(3,19(5)15(20)21-6)12-7-10-18(4)14(11-12)23-18/h12-14H,7-11H2,1-6H3. The van der Waals surface area contributed by atoms with Crippen LogP contribution in [0, 0.1) is 5.92 Å². The van der Waals surface area contributed by atoms with Crippen molar-refractivity contribution in [1.82, 2.24) is 4.90 Å².